The fourth-order valence-corrected chi connectivity index (χ4v) is 2.03. The Balaban J connectivity index is 2.69. The van der Waals surface area contributed by atoms with Crippen LogP contribution in [0.4, 0.5) is 0 Å². The molecule has 14 heavy (non-hydrogen) atoms. The van der Waals surface area contributed by atoms with E-state index in [1.165, 1.54) is 30.4 Å². The summed E-state index contributed by atoms with van der Waals surface area (Å²) >= 11 is 10.5. The number of hydrogen-bond acceptors (Lipinski definition) is 0. The molecule has 0 heterocycles. The number of benzene rings is 1. The van der Waals surface area contributed by atoms with Gasteiger partial charge in [-0.25, -0.2) is 0 Å². The summed E-state index contributed by atoms with van der Waals surface area (Å²) in [5.74, 6) is 0. The normalized spacial score (nSPS) is 11.7. The summed E-state index contributed by atoms with van der Waals surface area (Å²) < 4.78 is -0.281. The molecule has 0 radical (unpaired) electrons. The van der Waals surface area contributed by atoms with Crippen LogP contribution >= 0.6 is 47.8 Å². The topological polar surface area (TPSA) is 0 Å². The van der Waals surface area contributed by atoms with Crippen molar-refractivity contribution in [1.29, 1.82) is 0 Å². The van der Waals surface area contributed by atoms with Crippen molar-refractivity contribution in [3.8, 4) is 0 Å². The van der Waals surface area contributed by atoms with Gasteiger partial charge in [-0.2, -0.15) is 0 Å². The summed E-state index contributed by atoms with van der Waals surface area (Å²) in [4.78, 5) is 0. The molecule has 0 nitrogen and oxygen atoms in total. The molecular weight excluding hydrogens is 372 g/mol. The molecule has 0 aliphatic carbocycles. The summed E-state index contributed by atoms with van der Waals surface area (Å²) in [5, 5.41) is 0. The first-order valence-corrected chi connectivity index (χ1v) is 7.08. The number of alkyl halides is 3. The van der Waals surface area contributed by atoms with Gasteiger partial charge in [-0.05, 0) is 24.0 Å². The van der Waals surface area contributed by atoms with E-state index in [-0.39, 0.29) is 2.14 Å². The van der Waals surface area contributed by atoms with Crippen LogP contribution in [0.15, 0.2) is 24.3 Å². The lowest BCUT2D eigenvalue weighted by Crippen LogP contribution is -1.97. The van der Waals surface area contributed by atoms with Crippen molar-refractivity contribution in [3.05, 3.63) is 35.4 Å². The highest BCUT2D eigenvalue weighted by Crippen LogP contribution is 2.44. The van der Waals surface area contributed by atoms with E-state index in [0.717, 1.165) is 0 Å². The van der Waals surface area contributed by atoms with Crippen molar-refractivity contribution in [2.75, 3.05) is 0 Å². The fraction of sp³-hybridized carbons (Fsp3) is 0.455. The van der Waals surface area contributed by atoms with Crippen LogP contribution in [0.2, 0.25) is 0 Å². The minimum atomic E-state index is -0.281. The van der Waals surface area contributed by atoms with Crippen LogP contribution in [0.25, 0.3) is 0 Å². The maximum absolute atomic E-state index is 3.50. The fourth-order valence-electron chi connectivity index (χ4n) is 1.24. The molecule has 0 aromatic heterocycles. The van der Waals surface area contributed by atoms with Crippen LogP contribution in [0.3, 0.4) is 0 Å². The van der Waals surface area contributed by atoms with E-state index in [9.17, 15) is 0 Å². The van der Waals surface area contributed by atoms with Crippen molar-refractivity contribution in [3.63, 3.8) is 0 Å². The molecule has 0 bridgehead atoms. The van der Waals surface area contributed by atoms with Crippen LogP contribution in [0.1, 0.15) is 30.9 Å². The highest BCUT2D eigenvalue weighted by Gasteiger charge is 2.19. The van der Waals surface area contributed by atoms with Gasteiger partial charge in [0.1, 0.15) is 0 Å². The van der Waals surface area contributed by atoms with Gasteiger partial charge in [0.15, 0.2) is 2.14 Å². The van der Waals surface area contributed by atoms with Crippen LogP contribution < -0.4 is 0 Å². The van der Waals surface area contributed by atoms with E-state index in [0.29, 0.717) is 0 Å². The lowest BCUT2D eigenvalue weighted by Gasteiger charge is -2.12. The lowest BCUT2D eigenvalue weighted by atomic mass is 10.1. The molecule has 0 amide bonds. The Morgan fingerprint density at radius 1 is 1.07 bits per heavy atom. The molecular formula is C11H13Br3. The van der Waals surface area contributed by atoms with E-state index in [1.807, 2.05) is 0 Å². The third kappa shape index (κ3) is 4.03. The zero-order chi connectivity index (χ0) is 10.6. The highest BCUT2D eigenvalue weighted by molar-refractivity contribution is 9.38. The molecule has 0 fully saturated rings. The van der Waals surface area contributed by atoms with Crippen molar-refractivity contribution in [1.82, 2.24) is 0 Å². The average Bonchev–Trinajstić information content (AvgIpc) is 2.14. The second-order valence-corrected chi connectivity index (χ2v) is 10.1. The third-order valence-corrected chi connectivity index (χ3v) is 3.47. The molecule has 1 rings (SSSR count). The smallest absolute Gasteiger partial charge is 0.0654 e. The van der Waals surface area contributed by atoms with Gasteiger partial charge >= 0.3 is 0 Å². The maximum atomic E-state index is 3.50. The second kappa shape index (κ2) is 5.66. The van der Waals surface area contributed by atoms with Crippen LogP contribution in [-0.2, 0) is 8.56 Å². The summed E-state index contributed by atoms with van der Waals surface area (Å²) in [6.45, 7) is 2.22. The van der Waals surface area contributed by atoms with Crippen LogP contribution in [0.5, 0.6) is 0 Å². The van der Waals surface area contributed by atoms with Crippen molar-refractivity contribution >= 4 is 47.8 Å². The zero-order valence-electron chi connectivity index (χ0n) is 8.06. The highest BCUT2D eigenvalue weighted by atomic mass is 80.0. The third-order valence-electron chi connectivity index (χ3n) is 2.10. The molecule has 0 saturated heterocycles. The molecule has 0 atom stereocenters. The van der Waals surface area contributed by atoms with Gasteiger partial charge in [0.2, 0.25) is 0 Å². The molecule has 0 aliphatic rings. The molecule has 1 aromatic carbocycles. The van der Waals surface area contributed by atoms with Crippen molar-refractivity contribution in [2.24, 2.45) is 0 Å². The molecule has 78 valence electrons. The van der Waals surface area contributed by atoms with E-state index >= 15 is 0 Å². The predicted octanol–water partition coefficient (Wildman–Crippen LogP) is 5.32. The Morgan fingerprint density at radius 3 is 2.07 bits per heavy atom. The lowest BCUT2D eigenvalue weighted by molar-refractivity contribution is 0.795. The minimum absolute atomic E-state index is 0.281. The summed E-state index contributed by atoms with van der Waals surface area (Å²) in [6, 6.07) is 8.62. The van der Waals surface area contributed by atoms with Gasteiger partial charge < -0.3 is 0 Å². The van der Waals surface area contributed by atoms with Gasteiger partial charge in [0.25, 0.3) is 0 Å². The van der Waals surface area contributed by atoms with Gasteiger partial charge in [-0.3, -0.25) is 0 Å². The van der Waals surface area contributed by atoms with E-state index in [4.69, 9.17) is 0 Å². The number of unbranched alkanes of at least 4 members (excludes halogenated alkanes) is 1. The van der Waals surface area contributed by atoms with E-state index in [1.54, 1.807) is 0 Å². The molecule has 0 unspecified atom stereocenters. The van der Waals surface area contributed by atoms with Crippen molar-refractivity contribution in [2.45, 2.75) is 28.3 Å². The zero-order valence-corrected chi connectivity index (χ0v) is 12.8. The van der Waals surface area contributed by atoms with Gasteiger partial charge in [-0.1, -0.05) is 85.4 Å². The quantitative estimate of drug-likeness (QED) is 0.618. The maximum Gasteiger partial charge on any atom is 0.159 e. The molecule has 0 saturated carbocycles. The molecule has 1 aromatic rings. The Labute approximate surface area is 111 Å². The molecule has 0 aliphatic heterocycles. The summed E-state index contributed by atoms with van der Waals surface area (Å²) in [6.07, 6.45) is 3.69. The second-order valence-electron chi connectivity index (χ2n) is 3.30. The largest absolute Gasteiger partial charge is 0.159 e. The Hall–Kier alpha value is 0.660. The standard InChI is InChI=1S/C11H13Br3/c1-2-3-4-9-5-7-10(8-6-9)11(12,13)14/h5-8H,2-4H2,1H3. The van der Waals surface area contributed by atoms with Crippen LogP contribution in [-0.4, -0.2) is 0 Å². The van der Waals surface area contributed by atoms with Gasteiger partial charge in [-0.15, -0.1) is 0 Å². The monoisotopic (exact) mass is 382 g/mol. The Morgan fingerprint density at radius 2 is 1.64 bits per heavy atom. The molecule has 0 N–H and O–H groups in total. The molecule has 0 spiro atoms. The van der Waals surface area contributed by atoms with Crippen LogP contribution in [0, 0.1) is 0 Å². The Bertz CT molecular complexity index is 272. The summed E-state index contributed by atoms with van der Waals surface area (Å²) in [7, 11) is 0. The first-order chi connectivity index (χ1) is 6.54. The minimum Gasteiger partial charge on any atom is -0.0654 e. The van der Waals surface area contributed by atoms with Crippen molar-refractivity contribution < 1.29 is 0 Å². The number of halogens is 3. The van der Waals surface area contributed by atoms with Gasteiger partial charge in [0, 0.05) is 0 Å². The average molecular weight is 385 g/mol. The van der Waals surface area contributed by atoms with E-state index in [2.05, 4.69) is 79.0 Å². The SMILES string of the molecule is CCCCc1ccc(C(Br)(Br)Br)cc1. The number of hydrogen-bond donors (Lipinski definition) is 0. The number of aryl methyl sites for hydroxylation is 1. The van der Waals surface area contributed by atoms with E-state index < -0.39 is 0 Å². The predicted molar refractivity (Wildman–Crippen MR) is 73.5 cm³/mol. The first-order valence-electron chi connectivity index (χ1n) is 4.70. The van der Waals surface area contributed by atoms with Gasteiger partial charge in [0.05, 0.1) is 0 Å². The summed E-state index contributed by atoms with van der Waals surface area (Å²) in [5.41, 5.74) is 2.59. The number of rotatable bonds is 3. The molecule has 3 heteroatoms. The first kappa shape index (κ1) is 12.7. The Kier molecular flexibility index (Phi) is 5.15.